The van der Waals surface area contributed by atoms with Gasteiger partial charge in [-0.1, -0.05) is 0 Å². The van der Waals surface area contributed by atoms with E-state index in [1.807, 2.05) is 0 Å². The monoisotopic (exact) mass is 243 g/mol. The zero-order valence-corrected chi connectivity index (χ0v) is 10.2. The molecule has 0 aromatic heterocycles. The first-order valence-electron chi connectivity index (χ1n) is 6.34. The van der Waals surface area contributed by atoms with Crippen molar-refractivity contribution in [2.75, 3.05) is 46.1 Å². The fourth-order valence-electron chi connectivity index (χ4n) is 2.60. The smallest absolute Gasteiger partial charge is 0.313 e. The highest BCUT2D eigenvalue weighted by atomic mass is 16.5. The molecule has 0 aliphatic carbocycles. The molecule has 2 aliphatic heterocycles. The van der Waals surface area contributed by atoms with Gasteiger partial charge in [0.2, 0.25) is 0 Å². The molecule has 2 saturated heterocycles. The van der Waals surface area contributed by atoms with E-state index in [2.05, 4.69) is 4.90 Å². The molecule has 1 atom stereocenters. The molecule has 17 heavy (non-hydrogen) atoms. The van der Waals surface area contributed by atoms with Crippen molar-refractivity contribution in [2.24, 2.45) is 5.41 Å². The minimum absolute atomic E-state index is 0.347. The average molecular weight is 243 g/mol. The van der Waals surface area contributed by atoms with E-state index in [0.717, 1.165) is 39.0 Å². The number of carboxylic acids is 1. The minimum Gasteiger partial charge on any atom is -0.481 e. The van der Waals surface area contributed by atoms with Gasteiger partial charge in [0.25, 0.3) is 0 Å². The summed E-state index contributed by atoms with van der Waals surface area (Å²) in [6.07, 6.45) is 2.55. The third-order valence-electron chi connectivity index (χ3n) is 3.62. The molecule has 5 nitrogen and oxygen atoms in total. The number of carboxylic acid groups (broad SMARTS) is 1. The topological polar surface area (TPSA) is 59.0 Å². The molecule has 2 fully saturated rings. The highest BCUT2D eigenvalue weighted by molar-refractivity contribution is 5.75. The number of carbonyl (C=O) groups is 1. The first-order valence-corrected chi connectivity index (χ1v) is 6.34. The summed E-state index contributed by atoms with van der Waals surface area (Å²) in [5.41, 5.74) is -0.706. The van der Waals surface area contributed by atoms with E-state index < -0.39 is 11.4 Å². The quantitative estimate of drug-likeness (QED) is 0.786. The zero-order valence-electron chi connectivity index (χ0n) is 10.2. The Hall–Kier alpha value is -0.650. The van der Waals surface area contributed by atoms with Gasteiger partial charge in [0, 0.05) is 32.8 Å². The molecule has 1 unspecified atom stereocenters. The number of ether oxygens (including phenoxy) is 2. The van der Waals surface area contributed by atoms with Crippen LogP contribution in [0.25, 0.3) is 0 Å². The van der Waals surface area contributed by atoms with E-state index in [1.54, 1.807) is 0 Å². The van der Waals surface area contributed by atoms with Crippen molar-refractivity contribution in [3.63, 3.8) is 0 Å². The van der Waals surface area contributed by atoms with Crippen LogP contribution < -0.4 is 0 Å². The van der Waals surface area contributed by atoms with Crippen molar-refractivity contribution in [1.29, 1.82) is 0 Å². The normalized spacial score (nSPS) is 32.0. The van der Waals surface area contributed by atoms with Crippen LogP contribution in [0.1, 0.15) is 19.3 Å². The summed E-state index contributed by atoms with van der Waals surface area (Å²) in [6, 6.07) is 0. The van der Waals surface area contributed by atoms with Crippen LogP contribution in [0.5, 0.6) is 0 Å². The van der Waals surface area contributed by atoms with Gasteiger partial charge in [0.1, 0.15) is 5.41 Å². The zero-order chi connectivity index (χ0) is 12.1. The van der Waals surface area contributed by atoms with Crippen LogP contribution in [0.4, 0.5) is 0 Å². The van der Waals surface area contributed by atoms with Crippen LogP contribution in [-0.4, -0.2) is 62.0 Å². The Balaban J connectivity index is 1.98. The van der Waals surface area contributed by atoms with Crippen LogP contribution in [0.3, 0.4) is 0 Å². The summed E-state index contributed by atoms with van der Waals surface area (Å²) >= 11 is 0. The number of rotatable bonds is 3. The Morgan fingerprint density at radius 1 is 1.18 bits per heavy atom. The standard InChI is InChI=1S/C12H21NO4/c14-11(15)12(3-1-6-17-10-12)9-13-4-2-7-16-8-5-13/h1-10H2,(H,14,15). The third-order valence-corrected chi connectivity index (χ3v) is 3.62. The largest absolute Gasteiger partial charge is 0.481 e. The van der Waals surface area contributed by atoms with Crippen LogP contribution in [0.2, 0.25) is 0 Å². The van der Waals surface area contributed by atoms with Gasteiger partial charge < -0.3 is 14.6 Å². The molecule has 0 radical (unpaired) electrons. The molecule has 2 aliphatic rings. The lowest BCUT2D eigenvalue weighted by atomic mass is 9.82. The summed E-state index contributed by atoms with van der Waals surface area (Å²) in [5, 5.41) is 9.45. The van der Waals surface area contributed by atoms with Crippen molar-refractivity contribution in [3.05, 3.63) is 0 Å². The van der Waals surface area contributed by atoms with Gasteiger partial charge in [0.15, 0.2) is 0 Å². The Bertz CT molecular complexity index is 255. The molecule has 0 bridgehead atoms. The maximum absolute atomic E-state index is 11.5. The van der Waals surface area contributed by atoms with Crippen molar-refractivity contribution in [2.45, 2.75) is 19.3 Å². The van der Waals surface area contributed by atoms with Crippen LogP contribution in [0.15, 0.2) is 0 Å². The van der Waals surface area contributed by atoms with Gasteiger partial charge in [-0.15, -0.1) is 0 Å². The lowest BCUT2D eigenvalue weighted by molar-refractivity contribution is -0.159. The Kier molecular flexibility index (Phi) is 4.36. The average Bonchev–Trinajstić information content (AvgIpc) is 2.59. The van der Waals surface area contributed by atoms with Crippen molar-refractivity contribution >= 4 is 5.97 Å². The number of hydrogen-bond donors (Lipinski definition) is 1. The van der Waals surface area contributed by atoms with E-state index in [0.29, 0.717) is 26.4 Å². The highest BCUT2D eigenvalue weighted by Crippen LogP contribution is 2.30. The van der Waals surface area contributed by atoms with E-state index >= 15 is 0 Å². The molecule has 0 aromatic rings. The van der Waals surface area contributed by atoms with E-state index in [1.165, 1.54) is 0 Å². The van der Waals surface area contributed by atoms with Crippen LogP contribution >= 0.6 is 0 Å². The second-order valence-corrected chi connectivity index (χ2v) is 4.98. The molecule has 1 N–H and O–H groups in total. The molecule has 0 spiro atoms. The molecule has 2 rings (SSSR count). The van der Waals surface area contributed by atoms with Crippen molar-refractivity contribution < 1.29 is 19.4 Å². The van der Waals surface area contributed by atoms with Crippen LogP contribution in [-0.2, 0) is 14.3 Å². The second-order valence-electron chi connectivity index (χ2n) is 4.98. The van der Waals surface area contributed by atoms with Crippen molar-refractivity contribution in [3.8, 4) is 0 Å². The Morgan fingerprint density at radius 2 is 2.00 bits per heavy atom. The minimum atomic E-state index is -0.720. The lowest BCUT2D eigenvalue weighted by Crippen LogP contribution is -2.49. The van der Waals surface area contributed by atoms with E-state index in [-0.39, 0.29) is 0 Å². The molecular formula is C12H21NO4. The molecule has 2 heterocycles. The predicted octanol–water partition coefficient (Wildman–Crippen LogP) is 0.590. The van der Waals surface area contributed by atoms with Gasteiger partial charge >= 0.3 is 5.97 Å². The third kappa shape index (κ3) is 3.18. The summed E-state index contributed by atoms with van der Waals surface area (Å²) in [7, 11) is 0. The maximum atomic E-state index is 11.5. The number of nitrogens with zero attached hydrogens (tertiary/aromatic N) is 1. The summed E-state index contributed by atoms with van der Waals surface area (Å²) < 4.78 is 10.8. The molecule has 0 saturated carbocycles. The first-order chi connectivity index (χ1) is 8.23. The van der Waals surface area contributed by atoms with Crippen LogP contribution in [0, 0.1) is 5.41 Å². The van der Waals surface area contributed by atoms with Gasteiger partial charge in [0.05, 0.1) is 13.2 Å². The fourth-order valence-corrected chi connectivity index (χ4v) is 2.60. The SMILES string of the molecule is O=C(O)C1(CN2CCCOCC2)CCCOC1. The lowest BCUT2D eigenvalue weighted by Gasteiger charge is -2.37. The van der Waals surface area contributed by atoms with E-state index in [9.17, 15) is 9.90 Å². The number of hydrogen-bond acceptors (Lipinski definition) is 4. The Morgan fingerprint density at radius 3 is 2.71 bits per heavy atom. The first kappa shape index (κ1) is 12.8. The molecule has 5 heteroatoms. The molecule has 98 valence electrons. The van der Waals surface area contributed by atoms with E-state index in [4.69, 9.17) is 9.47 Å². The second kappa shape index (κ2) is 5.80. The fraction of sp³-hybridized carbons (Fsp3) is 0.917. The summed E-state index contributed by atoms with van der Waals surface area (Å²) in [5.74, 6) is -0.720. The van der Waals surface area contributed by atoms with Crippen molar-refractivity contribution in [1.82, 2.24) is 4.90 Å². The highest BCUT2D eigenvalue weighted by Gasteiger charge is 2.42. The predicted molar refractivity (Wildman–Crippen MR) is 62.0 cm³/mol. The van der Waals surface area contributed by atoms with Gasteiger partial charge in [-0.3, -0.25) is 9.69 Å². The maximum Gasteiger partial charge on any atom is 0.313 e. The molecular weight excluding hydrogens is 222 g/mol. The molecule has 0 aromatic carbocycles. The Labute approximate surface area is 102 Å². The summed E-state index contributed by atoms with van der Waals surface area (Å²) in [6.45, 7) is 4.87. The van der Waals surface area contributed by atoms with Gasteiger partial charge in [-0.2, -0.15) is 0 Å². The summed E-state index contributed by atoms with van der Waals surface area (Å²) in [4.78, 5) is 13.7. The van der Waals surface area contributed by atoms with Gasteiger partial charge in [-0.25, -0.2) is 0 Å². The molecule has 0 amide bonds. The van der Waals surface area contributed by atoms with Gasteiger partial charge in [-0.05, 0) is 19.3 Å². The number of aliphatic carboxylic acids is 1.